The zero-order chi connectivity index (χ0) is 11.3. The molecule has 15 heavy (non-hydrogen) atoms. The molecular formula is C11H19NO3. The highest BCUT2D eigenvalue weighted by molar-refractivity contribution is 5.77. The molecule has 4 nitrogen and oxygen atoms in total. The molecule has 1 heterocycles. The van der Waals surface area contributed by atoms with Gasteiger partial charge in [-0.2, -0.15) is 0 Å². The average Bonchev–Trinajstić information content (AvgIpc) is 2.19. The van der Waals surface area contributed by atoms with Gasteiger partial charge in [-0.3, -0.25) is 9.59 Å². The average molecular weight is 213 g/mol. The molecule has 0 radical (unpaired) electrons. The second kappa shape index (κ2) is 5.73. The molecule has 1 saturated heterocycles. The van der Waals surface area contributed by atoms with Crippen LogP contribution in [0.3, 0.4) is 0 Å². The molecule has 1 aliphatic rings. The summed E-state index contributed by atoms with van der Waals surface area (Å²) in [4.78, 5) is 23.8. The van der Waals surface area contributed by atoms with Crippen LogP contribution in [0.2, 0.25) is 0 Å². The molecule has 0 aromatic carbocycles. The van der Waals surface area contributed by atoms with Gasteiger partial charge < -0.3 is 10.0 Å². The SMILES string of the molecule is CCCN1CC(CCC(=O)O)CCC1=O. The Hall–Kier alpha value is -1.06. The highest BCUT2D eigenvalue weighted by Gasteiger charge is 2.24. The van der Waals surface area contributed by atoms with Crippen LogP contribution in [0.4, 0.5) is 0 Å². The van der Waals surface area contributed by atoms with E-state index in [1.807, 2.05) is 11.8 Å². The predicted molar refractivity (Wildman–Crippen MR) is 56.5 cm³/mol. The third-order valence-corrected chi connectivity index (χ3v) is 2.86. The zero-order valence-corrected chi connectivity index (χ0v) is 9.24. The molecule has 86 valence electrons. The van der Waals surface area contributed by atoms with E-state index in [1.54, 1.807) is 0 Å². The minimum absolute atomic E-state index is 0.221. The molecule has 0 aromatic heterocycles. The van der Waals surface area contributed by atoms with Crippen LogP contribution in [0.25, 0.3) is 0 Å². The normalized spacial score (nSPS) is 21.8. The lowest BCUT2D eigenvalue weighted by atomic mass is 9.93. The van der Waals surface area contributed by atoms with Crippen LogP contribution in [0.5, 0.6) is 0 Å². The molecule has 1 aliphatic heterocycles. The van der Waals surface area contributed by atoms with Crippen molar-refractivity contribution in [3.05, 3.63) is 0 Å². The lowest BCUT2D eigenvalue weighted by Gasteiger charge is -2.32. The molecule has 1 amide bonds. The third kappa shape index (κ3) is 3.90. The largest absolute Gasteiger partial charge is 0.481 e. The molecule has 1 N–H and O–H groups in total. The van der Waals surface area contributed by atoms with Gasteiger partial charge in [0.15, 0.2) is 0 Å². The third-order valence-electron chi connectivity index (χ3n) is 2.86. The molecule has 0 bridgehead atoms. The van der Waals surface area contributed by atoms with Gasteiger partial charge in [0, 0.05) is 25.9 Å². The van der Waals surface area contributed by atoms with E-state index in [9.17, 15) is 9.59 Å². The van der Waals surface area contributed by atoms with Crippen molar-refractivity contribution < 1.29 is 14.7 Å². The first-order valence-electron chi connectivity index (χ1n) is 5.63. The summed E-state index contributed by atoms with van der Waals surface area (Å²) in [5.41, 5.74) is 0. The van der Waals surface area contributed by atoms with Gasteiger partial charge in [0.1, 0.15) is 0 Å². The van der Waals surface area contributed by atoms with Gasteiger partial charge >= 0.3 is 5.97 Å². The number of rotatable bonds is 5. The maximum atomic E-state index is 11.5. The molecule has 1 fully saturated rings. The van der Waals surface area contributed by atoms with E-state index in [0.717, 1.165) is 25.9 Å². The molecule has 4 heteroatoms. The van der Waals surface area contributed by atoms with Crippen molar-refractivity contribution in [1.29, 1.82) is 0 Å². The molecule has 1 atom stereocenters. The van der Waals surface area contributed by atoms with Crippen molar-refractivity contribution in [3.8, 4) is 0 Å². The highest BCUT2D eigenvalue weighted by Crippen LogP contribution is 2.21. The van der Waals surface area contributed by atoms with Gasteiger partial charge in [0.25, 0.3) is 0 Å². The number of amides is 1. The Kier molecular flexibility index (Phi) is 4.59. The molecule has 0 spiro atoms. The van der Waals surface area contributed by atoms with Gasteiger partial charge in [0.05, 0.1) is 0 Å². The Balaban J connectivity index is 2.36. The lowest BCUT2D eigenvalue weighted by Crippen LogP contribution is -2.40. The number of piperidine rings is 1. The van der Waals surface area contributed by atoms with Gasteiger partial charge in [-0.1, -0.05) is 6.92 Å². The fourth-order valence-corrected chi connectivity index (χ4v) is 2.04. The second-order valence-corrected chi connectivity index (χ2v) is 4.18. The van der Waals surface area contributed by atoms with Gasteiger partial charge in [-0.05, 0) is 25.2 Å². The van der Waals surface area contributed by atoms with E-state index in [0.29, 0.717) is 18.8 Å². The van der Waals surface area contributed by atoms with Crippen molar-refractivity contribution in [3.63, 3.8) is 0 Å². The summed E-state index contributed by atoms with van der Waals surface area (Å²) in [5.74, 6) is -0.136. The van der Waals surface area contributed by atoms with Crippen molar-refractivity contribution >= 4 is 11.9 Å². The summed E-state index contributed by atoms with van der Waals surface area (Å²) in [6.45, 7) is 3.61. The number of carbonyl (C=O) groups is 2. The van der Waals surface area contributed by atoms with Crippen LogP contribution < -0.4 is 0 Å². The number of hydrogen-bond donors (Lipinski definition) is 1. The number of nitrogens with zero attached hydrogens (tertiary/aromatic N) is 1. The Morgan fingerprint density at radius 1 is 1.60 bits per heavy atom. The Morgan fingerprint density at radius 2 is 2.33 bits per heavy atom. The zero-order valence-electron chi connectivity index (χ0n) is 9.24. The molecule has 1 rings (SSSR count). The quantitative estimate of drug-likeness (QED) is 0.753. The van der Waals surface area contributed by atoms with E-state index >= 15 is 0 Å². The molecule has 0 aliphatic carbocycles. The van der Waals surface area contributed by atoms with Crippen LogP contribution in [-0.2, 0) is 9.59 Å². The van der Waals surface area contributed by atoms with E-state index in [4.69, 9.17) is 5.11 Å². The van der Waals surface area contributed by atoms with E-state index < -0.39 is 5.97 Å². The van der Waals surface area contributed by atoms with Crippen molar-refractivity contribution in [1.82, 2.24) is 4.90 Å². The molecule has 0 aromatic rings. The topological polar surface area (TPSA) is 57.6 Å². The number of carboxylic acids is 1. The smallest absolute Gasteiger partial charge is 0.303 e. The number of likely N-dealkylation sites (tertiary alicyclic amines) is 1. The van der Waals surface area contributed by atoms with Crippen LogP contribution >= 0.6 is 0 Å². The van der Waals surface area contributed by atoms with Crippen LogP contribution in [0.15, 0.2) is 0 Å². The summed E-state index contributed by atoms with van der Waals surface area (Å²) in [6.07, 6.45) is 3.33. The van der Waals surface area contributed by atoms with E-state index in [1.165, 1.54) is 0 Å². The first kappa shape index (κ1) is 12.0. The predicted octanol–water partition coefficient (Wildman–Crippen LogP) is 1.50. The Bertz CT molecular complexity index is 240. The van der Waals surface area contributed by atoms with Crippen LogP contribution in [-0.4, -0.2) is 35.0 Å². The van der Waals surface area contributed by atoms with Crippen LogP contribution in [0.1, 0.15) is 39.0 Å². The number of aliphatic carboxylic acids is 1. The summed E-state index contributed by atoms with van der Waals surface area (Å²) in [6, 6.07) is 0. The molecule has 1 unspecified atom stereocenters. The maximum absolute atomic E-state index is 11.5. The summed E-state index contributed by atoms with van der Waals surface area (Å²) >= 11 is 0. The highest BCUT2D eigenvalue weighted by atomic mass is 16.4. The number of carboxylic acid groups (broad SMARTS) is 1. The standard InChI is InChI=1S/C11H19NO3/c1-2-7-12-8-9(3-5-10(12)13)4-6-11(14)15/h9H,2-8H2,1H3,(H,14,15). The summed E-state index contributed by atoms with van der Waals surface area (Å²) in [7, 11) is 0. The Labute approximate surface area is 90.3 Å². The minimum atomic E-state index is -0.742. The Morgan fingerprint density at radius 3 is 2.93 bits per heavy atom. The van der Waals surface area contributed by atoms with Gasteiger partial charge in [-0.25, -0.2) is 0 Å². The monoisotopic (exact) mass is 213 g/mol. The maximum Gasteiger partial charge on any atom is 0.303 e. The van der Waals surface area contributed by atoms with E-state index in [-0.39, 0.29) is 12.3 Å². The first-order chi connectivity index (χ1) is 7.13. The van der Waals surface area contributed by atoms with Gasteiger partial charge in [0.2, 0.25) is 5.91 Å². The van der Waals surface area contributed by atoms with Crippen molar-refractivity contribution in [2.24, 2.45) is 5.92 Å². The number of hydrogen-bond acceptors (Lipinski definition) is 2. The first-order valence-corrected chi connectivity index (χ1v) is 5.63. The van der Waals surface area contributed by atoms with Crippen LogP contribution in [0, 0.1) is 5.92 Å². The van der Waals surface area contributed by atoms with Crippen molar-refractivity contribution in [2.75, 3.05) is 13.1 Å². The lowest BCUT2D eigenvalue weighted by molar-refractivity contribution is -0.137. The summed E-state index contributed by atoms with van der Waals surface area (Å²) < 4.78 is 0. The number of carbonyl (C=O) groups excluding carboxylic acids is 1. The summed E-state index contributed by atoms with van der Waals surface area (Å²) in [5, 5.41) is 8.58. The fraction of sp³-hybridized carbons (Fsp3) is 0.818. The molecular weight excluding hydrogens is 194 g/mol. The minimum Gasteiger partial charge on any atom is -0.481 e. The second-order valence-electron chi connectivity index (χ2n) is 4.18. The molecule has 0 saturated carbocycles. The fourth-order valence-electron chi connectivity index (χ4n) is 2.04. The van der Waals surface area contributed by atoms with E-state index in [2.05, 4.69) is 0 Å². The van der Waals surface area contributed by atoms with Gasteiger partial charge in [-0.15, -0.1) is 0 Å². The van der Waals surface area contributed by atoms with Crippen molar-refractivity contribution in [2.45, 2.75) is 39.0 Å².